The Kier molecular flexibility index (Phi) is 4.13. The van der Waals surface area contributed by atoms with Gasteiger partial charge in [-0.15, -0.1) is 0 Å². The van der Waals surface area contributed by atoms with Crippen LogP contribution in [0.25, 0.3) is 10.8 Å². The highest BCUT2D eigenvalue weighted by molar-refractivity contribution is 9.10. The van der Waals surface area contributed by atoms with E-state index in [4.69, 9.17) is 4.74 Å². The fourth-order valence-electron chi connectivity index (χ4n) is 1.55. The van der Waals surface area contributed by atoms with E-state index in [-0.39, 0.29) is 0 Å². The van der Waals surface area contributed by atoms with Gasteiger partial charge in [0.2, 0.25) is 0 Å². The Bertz CT molecular complexity index is 551. The number of fused-ring (bicyclic) bond motifs is 1. The van der Waals surface area contributed by atoms with Crippen molar-refractivity contribution in [2.75, 3.05) is 12.4 Å². The third kappa shape index (κ3) is 2.85. The van der Waals surface area contributed by atoms with Gasteiger partial charge in [-0.05, 0) is 38.3 Å². The van der Waals surface area contributed by atoms with Crippen LogP contribution in [0.15, 0.2) is 53.0 Å². The molecule has 0 radical (unpaired) electrons. The summed E-state index contributed by atoms with van der Waals surface area (Å²) in [7, 11) is 0. The van der Waals surface area contributed by atoms with Crippen molar-refractivity contribution in [2.24, 2.45) is 0 Å². The molecule has 0 aliphatic heterocycles. The molecule has 0 aliphatic carbocycles. The van der Waals surface area contributed by atoms with Crippen LogP contribution in [-0.4, -0.2) is 12.4 Å². The van der Waals surface area contributed by atoms with E-state index in [1.54, 1.807) is 0 Å². The third-order valence-corrected chi connectivity index (χ3v) is 3.75. The molecule has 0 saturated carbocycles. The van der Waals surface area contributed by atoms with Gasteiger partial charge < -0.3 is 4.74 Å². The van der Waals surface area contributed by atoms with E-state index in [0.717, 1.165) is 21.2 Å². The van der Waals surface area contributed by atoms with Crippen LogP contribution in [0.4, 0.5) is 0 Å². The van der Waals surface area contributed by atoms with E-state index in [0.29, 0.717) is 12.4 Å². The summed E-state index contributed by atoms with van der Waals surface area (Å²) in [6.07, 6.45) is 0. The van der Waals surface area contributed by atoms with Crippen LogP contribution in [0, 0.1) is 0 Å². The summed E-state index contributed by atoms with van der Waals surface area (Å²) < 4.78 is 6.69. The van der Waals surface area contributed by atoms with Gasteiger partial charge in [0.25, 0.3) is 0 Å². The summed E-state index contributed by atoms with van der Waals surface area (Å²) in [5, 5.41) is 2.35. The van der Waals surface area contributed by atoms with Gasteiger partial charge in [-0.3, -0.25) is 0 Å². The number of thiol groups is 1. The van der Waals surface area contributed by atoms with Gasteiger partial charge in [-0.2, -0.15) is 12.6 Å². The summed E-state index contributed by atoms with van der Waals surface area (Å²) in [6, 6.07) is 12.2. The zero-order valence-corrected chi connectivity index (χ0v) is 11.8. The van der Waals surface area contributed by atoms with E-state index in [2.05, 4.69) is 53.3 Å². The fourth-order valence-corrected chi connectivity index (χ4v) is 2.25. The van der Waals surface area contributed by atoms with E-state index in [1.165, 1.54) is 5.39 Å². The fraction of sp³-hybridized carbons (Fsp3) is 0.143. The van der Waals surface area contributed by atoms with Crippen molar-refractivity contribution in [1.82, 2.24) is 0 Å². The van der Waals surface area contributed by atoms with E-state index in [1.807, 2.05) is 18.2 Å². The molecule has 0 amide bonds. The lowest BCUT2D eigenvalue weighted by Gasteiger charge is -2.10. The number of hydrogen-bond acceptors (Lipinski definition) is 2. The van der Waals surface area contributed by atoms with Crippen LogP contribution in [-0.2, 0) is 0 Å². The number of rotatable bonds is 4. The van der Waals surface area contributed by atoms with Crippen molar-refractivity contribution in [3.63, 3.8) is 0 Å². The Hall–Kier alpha value is -0.930. The summed E-state index contributed by atoms with van der Waals surface area (Å²) in [4.78, 5) is 0. The highest BCUT2D eigenvalue weighted by Gasteiger charge is 2.05. The van der Waals surface area contributed by atoms with Crippen molar-refractivity contribution in [2.45, 2.75) is 0 Å². The molecule has 0 unspecified atom stereocenters. The van der Waals surface area contributed by atoms with Gasteiger partial charge >= 0.3 is 0 Å². The van der Waals surface area contributed by atoms with Crippen molar-refractivity contribution in [3.8, 4) is 5.75 Å². The lowest BCUT2D eigenvalue weighted by atomic mass is 10.1. The summed E-state index contributed by atoms with van der Waals surface area (Å²) in [5.41, 5.74) is 0.966. The van der Waals surface area contributed by atoms with Crippen LogP contribution in [0.3, 0.4) is 0 Å². The first-order valence-corrected chi connectivity index (χ1v) is 6.72. The second-order valence-corrected chi connectivity index (χ2v) is 4.90. The van der Waals surface area contributed by atoms with Crippen molar-refractivity contribution in [1.29, 1.82) is 0 Å². The van der Waals surface area contributed by atoms with E-state index in [9.17, 15) is 0 Å². The molecule has 3 heteroatoms. The number of ether oxygens (including phenoxy) is 1. The summed E-state index contributed by atoms with van der Waals surface area (Å²) in [5.74, 6) is 1.48. The number of benzene rings is 2. The zero-order valence-electron chi connectivity index (χ0n) is 9.32. The highest BCUT2D eigenvalue weighted by Crippen LogP contribution is 2.33. The lowest BCUT2D eigenvalue weighted by Crippen LogP contribution is -2.01. The van der Waals surface area contributed by atoms with E-state index < -0.39 is 0 Å². The molecular formula is C14H13BrOS. The van der Waals surface area contributed by atoms with Gasteiger partial charge in [0, 0.05) is 5.75 Å². The standard InChI is InChI=1S/C14H13BrOS/c1-10(9-17)8-16-13-7-6-11-4-2-3-5-12(11)14(13)15/h2-7,17H,1,8-9H2. The molecule has 0 bridgehead atoms. The van der Waals surface area contributed by atoms with Crippen molar-refractivity contribution < 1.29 is 4.74 Å². The molecule has 17 heavy (non-hydrogen) atoms. The average molecular weight is 309 g/mol. The minimum atomic E-state index is 0.500. The molecular weight excluding hydrogens is 296 g/mol. The maximum atomic E-state index is 5.70. The molecule has 0 spiro atoms. The predicted molar refractivity (Wildman–Crippen MR) is 80.1 cm³/mol. The molecule has 2 aromatic rings. The number of halogens is 1. The van der Waals surface area contributed by atoms with E-state index >= 15 is 0 Å². The summed E-state index contributed by atoms with van der Waals surface area (Å²) >= 11 is 7.74. The Balaban J connectivity index is 2.29. The largest absolute Gasteiger partial charge is 0.488 e. The third-order valence-electron chi connectivity index (χ3n) is 2.48. The van der Waals surface area contributed by atoms with Gasteiger partial charge in [0.1, 0.15) is 12.4 Å². The van der Waals surface area contributed by atoms with Crippen LogP contribution in [0.5, 0.6) is 5.75 Å². The molecule has 0 saturated heterocycles. The van der Waals surface area contributed by atoms with Crippen molar-refractivity contribution >= 4 is 39.3 Å². The smallest absolute Gasteiger partial charge is 0.134 e. The molecule has 0 N–H and O–H groups in total. The summed E-state index contributed by atoms with van der Waals surface area (Å²) in [6.45, 7) is 4.36. The van der Waals surface area contributed by atoms with Gasteiger partial charge in [0.05, 0.1) is 4.47 Å². The first-order valence-electron chi connectivity index (χ1n) is 5.30. The quantitative estimate of drug-likeness (QED) is 0.648. The van der Waals surface area contributed by atoms with Crippen LogP contribution in [0.2, 0.25) is 0 Å². The van der Waals surface area contributed by atoms with Crippen LogP contribution >= 0.6 is 28.6 Å². The van der Waals surface area contributed by atoms with Crippen molar-refractivity contribution in [3.05, 3.63) is 53.0 Å². The monoisotopic (exact) mass is 308 g/mol. The molecule has 88 valence electrons. The van der Waals surface area contributed by atoms with Crippen LogP contribution < -0.4 is 4.74 Å². The SMILES string of the molecule is C=C(CS)COc1ccc2ccccc2c1Br. The van der Waals surface area contributed by atoms with Crippen LogP contribution in [0.1, 0.15) is 0 Å². The second-order valence-electron chi connectivity index (χ2n) is 3.80. The minimum Gasteiger partial charge on any atom is -0.488 e. The molecule has 1 nitrogen and oxygen atoms in total. The first kappa shape index (κ1) is 12.5. The Morgan fingerprint density at radius 3 is 2.76 bits per heavy atom. The minimum absolute atomic E-state index is 0.500. The Morgan fingerprint density at radius 2 is 2.00 bits per heavy atom. The molecule has 0 aromatic heterocycles. The second kappa shape index (κ2) is 5.61. The lowest BCUT2D eigenvalue weighted by molar-refractivity contribution is 0.352. The molecule has 2 rings (SSSR count). The predicted octanol–water partition coefficient (Wildman–Crippen LogP) is 4.47. The normalized spacial score (nSPS) is 10.5. The molecule has 2 aromatic carbocycles. The first-order chi connectivity index (χ1) is 8.22. The molecule has 0 heterocycles. The average Bonchev–Trinajstić information content (AvgIpc) is 2.38. The highest BCUT2D eigenvalue weighted by atomic mass is 79.9. The maximum absolute atomic E-state index is 5.70. The topological polar surface area (TPSA) is 9.23 Å². The zero-order chi connectivity index (χ0) is 12.3. The Morgan fingerprint density at radius 1 is 1.24 bits per heavy atom. The molecule has 0 atom stereocenters. The number of hydrogen-bond donors (Lipinski definition) is 1. The maximum Gasteiger partial charge on any atom is 0.134 e. The van der Waals surface area contributed by atoms with Gasteiger partial charge in [0.15, 0.2) is 0 Å². The van der Waals surface area contributed by atoms with Gasteiger partial charge in [-0.25, -0.2) is 0 Å². The van der Waals surface area contributed by atoms with Gasteiger partial charge in [-0.1, -0.05) is 36.9 Å². The molecule has 0 aliphatic rings. The molecule has 0 fully saturated rings. The Labute approximate surface area is 115 Å².